The summed E-state index contributed by atoms with van der Waals surface area (Å²) in [4.78, 5) is 8.68. The molecule has 3 nitrogen and oxygen atoms in total. The van der Waals surface area contributed by atoms with Crippen molar-refractivity contribution in [2.45, 2.75) is 0 Å². The molecule has 0 aliphatic heterocycles. The second kappa shape index (κ2) is 5.28. The maximum Gasteiger partial charge on any atom is 0.156 e. The molecule has 5 heteroatoms. The first-order valence-electron chi connectivity index (χ1n) is 7.06. The van der Waals surface area contributed by atoms with Crippen molar-refractivity contribution in [3.05, 3.63) is 78.8 Å². The Morgan fingerprint density at radius 3 is 2.04 bits per heavy atom. The van der Waals surface area contributed by atoms with E-state index < -0.39 is 0 Å². The van der Waals surface area contributed by atoms with Gasteiger partial charge in [0, 0.05) is 23.5 Å². The molecule has 0 amide bonds. The van der Waals surface area contributed by atoms with Gasteiger partial charge in [0.2, 0.25) is 0 Å². The van der Waals surface area contributed by atoms with Crippen LogP contribution in [0.4, 0.5) is 8.78 Å². The fourth-order valence-electron chi connectivity index (χ4n) is 2.60. The predicted molar refractivity (Wildman–Crippen MR) is 83.8 cm³/mol. The Balaban J connectivity index is 2.01. The summed E-state index contributed by atoms with van der Waals surface area (Å²) in [5.74, 6) is -0.602. The molecule has 112 valence electrons. The van der Waals surface area contributed by atoms with Crippen molar-refractivity contribution in [1.82, 2.24) is 14.4 Å². The highest BCUT2D eigenvalue weighted by Gasteiger charge is 2.16. The quantitative estimate of drug-likeness (QED) is 0.551. The van der Waals surface area contributed by atoms with Crippen molar-refractivity contribution < 1.29 is 8.78 Å². The molecular formula is C18H11F2N3. The Kier molecular flexibility index (Phi) is 3.12. The SMILES string of the molecule is Fc1ccc(-c2nc3cnccn3c2-c2ccc(F)cc2)cc1. The average Bonchev–Trinajstić information content (AvgIpc) is 2.96. The molecule has 23 heavy (non-hydrogen) atoms. The lowest BCUT2D eigenvalue weighted by molar-refractivity contribution is 0.627. The largest absolute Gasteiger partial charge is 0.296 e. The van der Waals surface area contributed by atoms with Crippen LogP contribution in [0, 0.1) is 11.6 Å². The first-order chi connectivity index (χ1) is 11.2. The third-order valence-corrected chi connectivity index (χ3v) is 3.67. The van der Waals surface area contributed by atoms with E-state index in [9.17, 15) is 8.78 Å². The summed E-state index contributed by atoms with van der Waals surface area (Å²) in [7, 11) is 0. The van der Waals surface area contributed by atoms with Gasteiger partial charge in [0.1, 0.15) is 11.6 Å². The molecule has 0 saturated heterocycles. The second-order valence-electron chi connectivity index (χ2n) is 5.13. The predicted octanol–water partition coefficient (Wildman–Crippen LogP) is 4.34. The van der Waals surface area contributed by atoms with Gasteiger partial charge in [-0.05, 0) is 48.5 Å². The lowest BCUT2D eigenvalue weighted by Gasteiger charge is -2.06. The monoisotopic (exact) mass is 307 g/mol. The van der Waals surface area contributed by atoms with Crippen molar-refractivity contribution in [2.75, 3.05) is 0 Å². The number of rotatable bonds is 2. The van der Waals surface area contributed by atoms with Crippen LogP contribution in [0.3, 0.4) is 0 Å². The van der Waals surface area contributed by atoms with Crippen LogP contribution >= 0.6 is 0 Å². The molecule has 4 aromatic rings. The normalized spacial score (nSPS) is 11.0. The van der Waals surface area contributed by atoms with Crippen LogP contribution in [-0.4, -0.2) is 14.4 Å². The molecule has 0 bridgehead atoms. The molecule has 0 atom stereocenters. The highest BCUT2D eigenvalue weighted by Crippen LogP contribution is 2.32. The van der Waals surface area contributed by atoms with Crippen molar-refractivity contribution in [3.63, 3.8) is 0 Å². The minimum absolute atomic E-state index is 0.299. The van der Waals surface area contributed by atoms with E-state index in [1.54, 1.807) is 42.9 Å². The van der Waals surface area contributed by atoms with E-state index in [1.165, 1.54) is 24.3 Å². The van der Waals surface area contributed by atoms with Gasteiger partial charge < -0.3 is 0 Å². The molecule has 0 aliphatic rings. The maximum atomic E-state index is 13.2. The van der Waals surface area contributed by atoms with E-state index in [4.69, 9.17) is 0 Å². The Labute approximate surface area is 130 Å². The number of hydrogen-bond donors (Lipinski definition) is 0. The van der Waals surface area contributed by atoms with Crippen LogP contribution < -0.4 is 0 Å². The first kappa shape index (κ1) is 13.6. The van der Waals surface area contributed by atoms with Crippen LogP contribution in [0.5, 0.6) is 0 Å². The summed E-state index contributed by atoms with van der Waals surface area (Å²) in [6.45, 7) is 0. The van der Waals surface area contributed by atoms with Gasteiger partial charge in [0.25, 0.3) is 0 Å². The van der Waals surface area contributed by atoms with Gasteiger partial charge in [-0.25, -0.2) is 13.8 Å². The number of hydrogen-bond acceptors (Lipinski definition) is 2. The lowest BCUT2D eigenvalue weighted by atomic mass is 10.0. The Morgan fingerprint density at radius 2 is 1.39 bits per heavy atom. The Morgan fingerprint density at radius 1 is 0.783 bits per heavy atom. The zero-order valence-corrected chi connectivity index (χ0v) is 11.9. The van der Waals surface area contributed by atoms with Gasteiger partial charge in [-0.1, -0.05) is 0 Å². The number of fused-ring (bicyclic) bond motifs is 1. The van der Waals surface area contributed by atoms with E-state index in [1.807, 2.05) is 4.40 Å². The highest BCUT2D eigenvalue weighted by atomic mass is 19.1. The molecule has 4 rings (SSSR count). The van der Waals surface area contributed by atoms with Gasteiger partial charge in [-0.2, -0.15) is 0 Å². The smallest absolute Gasteiger partial charge is 0.156 e. The molecule has 0 N–H and O–H groups in total. The summed E-state index contributed by atoms with van der Waals surface area (Å²) in [6.07, 6.45) is 5.12. The van der Waals surface area contributed by atoms with Crippen LogP contribution in [0.1, 0.15) is 0 Å². The molecular weight excluding hydrogens is 296 g/mol. The third kappa shape index (κ3) is 2.36. The molecule has 0 fully saturated rings. The summed E-state index contributed by atoms with van der Waals surface area (Å²) in [6, 6.07) is 12.4. The highest BCUT2D eigenvalue weighted by molar-refractivity contribution is 5.81. The molecule has 0 radical (unpaired) electrons. The number of nitrogens with zero attached hydrogens (tertiary/aromatic N) is 3. The molecule has 0 aliphatic carbocycles. The molecule has 2 aromatic heterocycles. The van der Waals surface area contributed by atoms with Crippen molar-refractivity contribution in [3.8, 4) is 22.5 Å². The molecule has 0 saturated carbocycles. The van der Waals surface area contributed by atoms with E-state index in [0.717, 1.165) is 16.8 Å². The maximum absolute atomic E-state index is 13.2. The van der Waals surface area contributed by atoms with Crippen molar-refractivity contribution >= 4 is 5.65 Å². The fourth-order valence-corrected chi connectivity index (χ4v) is 2.60. The van der Waals surface area contributed by atoms with Crippen molar-refractivity contribution in [1.29, 1.82) is 0 Å². The summed E-state index contributed by atoms with van der Waals surface area (Å²) < 4.78 is 28.3. The van der Waals surface area contributed by atoms with E-state index >= 15 is 0 Å². The van der Waals surface area contributed by atoms with Gasteiger partial charge in [-0.15, -0.1) is 0 Å². The Hall–Kier alpha value is -3.08. The number of aromatic nitrogens is 3. The van der Waals surface area contributed by atoms with Crippen molar-refractivity contribution in [2.24, 2.45) is 0 Å². The van der Waals surface area contributed by atoms with Gasteiger partial charge >= 0.3 is 0 Å². The summed E-state index contributed by atoms with van der Waals surface area (Å²) >= 11 is 0. The summed E-state index contributed by atoms with van der Waals surface area (Å²) in [5.41, 5.74) is 3.80. The van der Waals surface area contributed by atoms with E-state index in [-0.39, 0.29) is 11.6 Å². The lowest BCUT2D eigenvalue weighted by Crippen LogP contribution is -1.90. The zero-order chi connectivity index (χ0) is 15.8. The summed E-state index contributed by atoms with van der Waals surface area (Å²) in [5, 5.41) is 0. The van der Waals surface area contributed by atoms with Gasteiger partial charge in [0.05, 0.1) is 17.6 Å². The fraction of sp³-hybridized carbons (Fsp3) is 0. The second-order valence-corrected chi connectivity index (χ2v) is 5.13. The zero-order valence-electron chi connectivity index (χ0n) is 11.9. The molecule has 0 spiro atoms. The van der Waals surface area contributed by atoms with Crippen LogP contribution in [0.15, 0.2) is 67.1 Å². The molecule has 0 unspecified atom stereocenters. The third-order valence-electron chi connectivity index (χ3n) is 3.67. The minimum Gasteiger partial charge on any atom is -0.296 e. The topological polar surface area (TPSA) is 30.2 Å². The Bertz CT molecular complexity index is 974. The first-order valence-corrected chi connectivity index (χ1v) is 7.06. The van der Waals surface area contributed by atoms with Crippen LogP contribution in [0.25, 0.3) is 28.2 Å². The van der Waals surface area contributed by atoms with E-state index in [2.05, 4.69) is 9.97 Å². The molecule has 2 heterocycles. The van der Waals surface area contributed by atoms with Crippen LogP contribution in [-0.2, 0) is 0 Å². The number of halogens is 2. The van der Waals surface area contributed by atoms with Crippen LogP contribution in [0.2, 0.25) is 0 Å². The average molecular weight is 307 g/mol. The van der Waals surface area contributed by atoms with Gasteiger partial charge in [0.15, 0.2) is 5.65 Å². The van der Waals surface area contributed by atoms with E-state index in [0.29, 0.717) is 11.3 Å². The molecule has 2 aromatic carbocycles. The standard InChI is InChI=1S/C18H11F2N3/c19-14-5-1-12(2-6-14)17-18(13-3-7-15(20)8-4-13)23-10-9-21-11-16(23)22-17/h1-11H. The number of benzene rings is 2. The number of imidazole rings is 1. The van der Waals surface area contributed by atoms with Gasteiger partial charge in [-0.3, -0.25) is 9.38 Å². The minimum atomic E-state index is -0.303.